The molecular weight excluding hydrogens is 428 g/mol. The Kier molecular flexibility index (Phi) is 7.46. The van der Waals surface area contributed by atoms with Gasteiger partial charge >= 0.3 is 6.61 Å². The van der Waals surface area contributed by atoms with Crippen molar-refractivity contribution in [3.05, 3.63) is 76.1 Å². The number of aromatic nitrogens is 2. The highest BCUT2D eigenvalue weighted by Crippen LogP contribution is 2.29. The molecule has 6 nitrogen and oxygen atoms in total. The van der Waals surface area contributed by atoms with E-state index in [0.29, 0.717) is 29.8 Å². The Hall–Kier alpha value is -3.13. The van der Waals surface area contributed by atoms with E-state index in [2.05, 4.69) is 15.2 Å². The smallest absolute Gasteiger partial charge is 0.387 e. The zero-order chi connectivity index (χ0) is 22.4. The van der Waals surface area contributed by atoms with Crippen LogP contribution in [0.4, 0.5) is 8.78 Å². The Morgan fingerprint density at radius 3 is 2.58 bits per heavy atom. The van der Waals surface area contributed by atoms with E-state index in [1.54, 1.807) is 23.7 Å². The van der Waals surface area contributed by atoms with Crippen LogP contribution in [0.25, 0.3) is 0 Å². The van der Waals surface area contributed by atoms with Crippen LogP contribution in [-0.2, 0) is 13.0 Å². The normalized spacial score (nSPS) is 10.9. The summed E-state index contributed by atoms with van der Waals surface area (Å²) in [6.45, 7) is -0.507. The van der Waals surface area contributed by atoms with Crippen molar-refractivity contribution in [2.24, 2.45) is 0 Å². The molecule has 9 heteroatoms. The third kappa shape index (κ3) is 5.73. The molecule has 0 radical (unpaired) electrons. The molecule has 1 heterocycles. The maximum absolute atomic E-state index is 12.7. The lowest BCUT2D eigenvalue weighted by atomic mass is 10.1. The van der Waals surface area contributed by atoms with E-state index in [9.17, 15) is 13.6 Å². The van der Waals surface area contributed by atoms with Gasteiger partial charge in [-0.05, 0) is 36.6 Å². The molecule has 3 rings (SSSR count). The topological polar surface area (TPSA) is 65.4 Å². The second-order valence-electron chi connectivity index (χ2n) is 6.76. The summed E-state index contributed by atoms with van der Waals surface area (Å²) in [5.41, 5.74) is 2.56. The second-order valence-corrected chi connectivity index (χ2v) is 7.12. The molecule has 2 aromatic carbocycles. The summed E-state index contributed by atoms with van der Waals surface area (Å²) in [6.07, 6.45) is 0.407. The molecule has 0 unspecified atom stereocenters. The summed E-state index contributed by atoms with van der Waals surface area (Å²) in [7, 11) is 1.37. The molecule has 0 atom stereocenters. The summed E-state index contributed by atoms with van der Waals surface area (Å²) in [5, 5.41) is 7.43. The van der Waals surface area contributed by atoms with Crippen molar-refractivity contribution in [2.75, 3.05) is 13.7 Å². The maximum atomic E-state index is 12.7. The Balaban J connectivity index is 1.64. The lowest BCUT2D eigenvalue weighted by Crippen LogP contribution is -2.26. The molecule has 0 aliphatic carbocycles. The number of methoxy groups -OCH3 is 1. The van der Waals surface area contributed by atoms with Gasteiger partial charge in [0.05, 0.1) is 24.9 Å². The van der Waals surface area contributed by atoms with E-state index < -0.39 is 6.61 Å². The predicted octanol–water partition coefficient (Wildman–Crippen LogP) is 4.48. The maximum Gasteiger partial charge on any atom is 0.387 e. The quantitative estimate of drug-likeness (QED) is 0.523. The molecule has 0 aliphatic rings. The minimum absolute atomic E-state index is 0.0533. The number of amides is 1. The van der Waals surface area contributed by atoms with Crippen molar-refractivity contribution >= 4 is 17.5 Å². The van der Waals surface area contributed by atoms with Crippen molar-refractivity contribution in [3.8, 4) is 11.5 Å². The lowest BCUT2D eigenvalue weighted by molar-refractivity contribution is -0.0512. The number of hydrogen-bond donors (Lipinski definition) is 1. The van der Waals surface area contributed by atoms with Crippen molar-refractivity contribution in [1.29, 1.82) is 0 Å². The van der Waals surface area contributed by atoms with Crippen LogP contribution in [0, 0.1) is 6.92 Å². The molecule has 0 fully saturated rings. The predicted molar refractivity (Wildman–Crippen MR) is 113 cm³/mol. The Bertz CT molecular complexity index is 1040. The molecule has 0 bridgehead atoms. The number of carbonyl (C=O) groups excluding carboxylic acids is 1. The fraction of sp³-hybridized carbons (Fsp3) is 0.273. The van der Waals surface area contributed by atoms with Crippen LogP contribution in [0.1, 0.15) is 27.2 Å². The van der Waals surface area contributed by atoms with Crippen LogP contribution >= 0.6 is 11.6 Å². The van der Waals surface area contributed by atoms with Crippen LogP contribution in [0.5, 0.6) is 11.5 Å². The summed E-state index contributed by atoms with van der Waals surface area (Å²) in [5.74, 6) is -0.192. The average Bonchev–Trinajstić information content (AvgIpc) is 3.01. The van der Waals surface area contributed by atoms with E-state index in [4.69, 9.17) is 16.3 Å². The van der Waals surface area contributed by atoms with Gasteiger partial charge in [-0.2, -0.15) is 13.9 Å². The van der Waals surface area contributed by atoms with Crippen LogP contribution in [0.2, 0.25) is 5.15 Å². The highest BCUT2D eigenvalue weighted by Gasteiger charge is 2.20. The zero-order valence-corrected chi connectivity index (χ0v) is 17.8. The van der Waals surface area contributed by atoms with Gasteiger partial charge in [0, 0.05) is 6.54 Å². The lowest BCUT2D eigenvalue weighted by Gasteiger charge is -2.12. The van der Waals surface area contributed by atoms with Crippen molar-refractivity contribution in [3.63, 3.8) is 0 Å². The van der Waals surface area contributed by atoms with Crippen molar-refractivity contribution < 1.29 is 23.0 Å². The van der Waals surface area contributed by atoms with Crippen LogP contribution in [-0.4, -0.2) is 36.0 Å². The first-order valence-corrected chi connectivity index (χ1v) is 9.93. The Morgan fingerprint density at radius 1 is 1.16 bits per heavy atom. The molecule has 0 saturated heterocycles. The van der Waals surface area contributed by atoms with E-state index in [1.807, 2.05) is 30.3 Å². The van der Waals surface area contributed by atoms with E-state index in [1.165, 1.54) is 13.2 Å². The highest BCUT2D eigenvalue weighted by atomic mass is 35.5. The number of carbonyl (C=O) groups is 1. The Morgan fingerprint density at radius 2 is 1.90 bits per heavy atom. The first kappa shape index (κ1) is 22.6. The molecule has 0 aliphatic heterocycles. The van der Waals surface area contributed by atoms with Crippen LogP contribution in [0.15, 0.2) is 48.5 Å². The molecule has 3 aromatic rings. The number of halogens is 3. The number of ether oxygens (including phenoxy) is 2. The van der Waals surface area contributed by atoms with Gasteiger partial charge in [0.25, 0.3) is 5.91 Å². The summed E-state index contributed by atoms with van der Waals surface area (Å²) < 4.78 is 36.2. The molecule has 0 saturated carbocycles. The molecule has 1 amide bonds. The standard InChI is InChI=1S/C22H22ClF2N3O3/c1-14-19(20(23)28(27-14)13-16-6-4-3-5-7-16)21(29)26-11-10-15-8-9-17(30-2)18(12-15)31-22(24)25/h3-9,12,22H,10-11,13H2,1-2H3,(H,26,29). The van der Waals surface area contributed by atoms with Gasteiger partial charge in [0.2, 0.25) is 0 Å². The molecule has 164 valence electrons. The van der Waals surface area contributed by atoms with E-state index in [-0.39, 0.29) is 29.1 Å². The number of alkyl halides is 2. The second kappa shape index (κ2) is 10.3. The number of hydrogen-bond acceptors (Lipinski definition) is 4. The van der Waals surface area contributed by atoms with Gasteiger partial charge in [0.15, 0.2) is 11.5 Å². The summed E-state index contributed by atoms with van der Waals surface area (Å²) >= 11 is 6.41. The number of benzene rings is 2. The largest absolute Gasteiger partial charge is 0.493 e. The molecule has 31 heavy (non-hydrogen) atoms. The molecule has 0 spiro atoms. The van der Waals surface area contributed by atoms with Crippen LogP contribution in [0.3, 0.4) is 0 Å². The third-order valence-electron chi connectivity index (χ3n) is 4.61. The fourth-order valence-corrected chi connectivity index (χ4v) is 3.47. The number of nitrogens with one attached hydrogen (secondary N) is 1. The molecule has 1 aromatic heterocycles. The van der Waals surface area contributed by atoms with E-state index in [0.717, 1.165) is 5.56 Å². The molecule has 1 N–H and O–H groups in total. The monoisotopic (exact) mass is 449 g/mol. The van der Waals surface area contributed by atoms with Crippen molar-refractivity contribution in [2.45, 2.75) is 26.5 Å². The fourth-order valence-electron chi connectivity index (χ4n) is 3.15. The van der Waals surface area contributed by atoms with Gasteiger partial charge in [-0.1, -0.05) is 48.0 Å². The van der Waals surface area contributed by atoms with Gasteiger partial charge in [0.1, 0.15) is 5.15 Å². The number of nitrogens with zero attached hydrogens (tertiary/aromatic N) is 2. The number of aryl methyl sites for hydroxylation is 1. The number of rotatable bonds is 9. The SMILES string of the molecule is COc1ccc(CCNC(=O)c2c(C)nn(Cc3ccccc3)c2Cl)cc1OC(F)F. The zero-order valence-electron chi connectivity index (χ0n) is 17.1. The highest BCUT2D eigenvalue weighted by molar-refractivity contribution is 6.33. The van der Waals surface area contributed by atoms with Gasteiger partial charge in [-0.25, -0.2) is 4.68 Å². The van der Waals surface area contributed by atoms with Gasteiger partial charge in [-0.15, -0.1) is 0 Å². The molecular formula is C22H22ClF2N3O3. The third-order valence-corrected chi connectivity index (χ3v) is 5.00. The van der Waals surface area contributed by atoms with Gasteiger partial charge < -0.3 is 14.8 Å². The van der Waals surface area contributed by atoms with Crippen LogP contribution < -0.4 is 14.8 Å². The summed E-state index contributed by atoms with van der Waals surface area (Å²) in [4.78, 5) is 12.7. The minimum Gasteiger partial charge on any atom is -0.493 e. The summed E-state index contributed by atoms with van der Waals surface area (Å²) in [6, 6.07) is 14.4. The first-order chi connectivity index (χ1) is 14.9. The van der Waals surface area contributed by atoms with Gasteiger partial charge in [-0.3, -0.25) is 4.79 Å². The minimum atomic E-state index is -2.96. The average molecular weight is 450 g/mol. The Labute approximate surface area is 183 Å². The van der Waals surface area contributed by atoms with Crippen molar-refractivity contribution in [1.82, 2.24) is 15.1 Å². The van der Waals surface area contributed by atoms with E-state index >= 15 is 0 Å². The first-order valence-electron chi connectivity index (χ1n) is 9.55.